The number of sulfonamides is 1. The molecule has 2 aromatic rings. The van der Waals surface area contributed by atoms with Gasteiger partial charge in [0.1, 0.15) is 5.82 Å². The van der Waals surface area contributed by atoms with E-state index in [-0.39, 0.29) is 10.8 Å². The van der Waals surface area contributed by atoms with Crippen molar-refractivity contribution in [3.63, 3.8) is 0 Å². The number of pyridine rings is 1. The Bertz CT molecular complexity index is 918. The van der Waals surface area contributed by atoms with Crippen LogP contribution in [-0.4, -0.2) is 45.8 Å². The lowest BCUT2D eigenvalue weighted by Crippen LogP contribution is -2.49. The van der Waals surface area contributed by atoms with Crippen molar-refractivity contribution in [3.8, 4) is 0 Å². The predicted octanol–water partition coefficient (Wildman–Crippen LogP) is 3.06. The van der Waals surface area contributed by atoms with E-state index in [1.54, 1.807) is 32.0 Å². The van der Waals surface area contributed by atoms with E-state index in [9.17, 15) is 12.8 Å². The zero-order valence-electron chi connectivity index (χ0n) is 16.4. The third kappa shape index (κ3) is 4.62. The van der Waals surface area contributed by atoms with Gasteiger partial charge in [-0.1, -0.05) is 19.1 Å². The minimum Gasteiger partial charge on any atom is -0.354 e. The molecule has 0 radical (unpaired) electrons. The van der Waals surface area contributed by atoms with E-state index >= 15 is 0 Å². The van der Waals surface area contributed by atoms with Crippen LogP contribution in [0.2, 0.25) is 0 Å². The second-order valence-electron chi connectivity index (χ2n) is 7.33. The van der Waals surface area contributed by atoms with Crippen LogP contribution in [0, 0.1) is 6.92 Å². The highest BCUT2D eigenvalue weighted by molar-refractivity contribution is 7.92. The zero-order chi connectivity index (χ0) is 20.3. The van der Waals surface area contributed by atoms with E-state index in [1.807, 2.05) is 6.07 Å². The molecule has 1 aliphatic rings. The second-order valence-corrected chi connectivity index (χ2v) is 9.02. The Morgan fingerprint density at radius 1 is 1.29 bits per heavy atom. The van der Waals surface area contributed by atoms with Crippen LogP contribution in [0.25, 0.3) is 0 Å². The Kier molecular flexibility index (Phi) is 6.20. The summed E-state index contributed by atoms with van der Waals surface area (Å²) in [6.07, 6.45) is 0. The number of rotatable bonds is 6. The van der Waals surface area contributed by atoms with Crippen LogP contribution in [0.15, 0.2) is 41.3 Å². The van der Waals surface area contributed by atoms with Crippen LogP contribution >= 0.6 is 0 Å². The first-order valence-electron chi connectivity index (χ1n) is 9.45. The Morgan fingerprint density at radius 2 is 2.00 bits per heavy atom. The third-order valence-electron chi connectivity index (χ3n) is 5.00. The van der Waals surface area contributed by atoms with Crippen molar-refractivity contribution in [1.29, 1.82) is 0 Å². The number of hydrogen-bond acceptors (Lipinski definition) is 5. The molecular weight excluding hydrogens is 379 g/mol. The van der Waals surface area contributed by atoms with Gasteiger partial charge in [0, 0.05) is 31.6 Å². The Morgan fingerprint density at radius 3 is 2.61 bits per heavy atom. The molecule has 1 aromatic heterocycles. The molecule has 3 rings (SSSR count). The van der Waals surface area contributed by atoms with Gasteiger partial charge in [0.2, 0.25) is 0 Å². The van der Waals surface area contributed by atoms with Crippen LogP contribution in [0.4, 0.5) is 15.9 Å². The molecule has 0 saturated carbocycles. The van der Waals surface area contributed by atoms with Crippen LogP contribution in [0.3, 0.4) is 0 Å². The summed E-state index contributed by atoms with van der Waals surface area (Å²) in [5.74, 6) is 0.592. The number of benzene rings is 1. The molecule has 0 amide bonds. The summed E-state index contributed by atoms with van der Waals surface area (Å²) >= 11 is 0. The number of hydrogen-bond donors (Lipinski definition) is 2. The third-order valence-corrected chi connectivity index (χ3v) is 6.38. The van der Waals surface area contributed by atoms with Gasteiger partial charge in [-0.25, -0.2) is 13.4 Å². The lowest BCUT2D eigenvalue weighted by Gasteiger charge is -2.33. The quantitative estimate of drug-likeness (QED) is 0.771. The molecule has 2 heterocycles. The van der Waals surface area contributed by atoms with Gasteiger partial charge in [0.25, 0.3) is 10.0 Å². The van der Waals surface area contributed by atoms with E-state index < -0.39 is 16.7 Å². The van der Waals surface area contributed by atoms with E-state index in [1.165, 1.54) is 12.1 Å². The molecule has 2 N–H and O–H groups in total. The fraction of sp³-hybridized carbons (Fsp3) is 0.450. The van der Waals surface area contributed by atoms with Gasteiger partial charge >= 0.3 is 0 Å². The highest BCUT2D eigenvalue weighted by atomic mass is 32.2. The van der Waals surface area contributed by atoms with Crippen molar-refractivity contribution < 1.29 is 12.8 Å². The van der Waals surface area contributed by atoms with Gasteiger partial charge in [0.15, 0.2) is 0 Å². The second kappa shape index (κ2) is 8.45. The molecule has 0 bridgehead atoms. The maximum absolute atomic E-state index is 12.8. The average molecular weight is 407 g/mol. The number of aromatic nitrogens is 1. The summed E-state index contributed by atoms with van der Waals surface area (Å²) in [5.41, 5.74) is 1.84. The fourth-order valence-electron chi connectivity index (χ4n) is 3.24. The SMILES string of the molecule is Cc1nc(N2CCNC(C)C2)ccc1NS(=O)(=O)c1ccc([C@@H](C)CF)cc1. The normalized spacial score (nSPS) is 18.7. The average Bonchev–Trinajstić information content (AvgIpc) is 2.69. The first-order valence-corrected chi connectivity index (χ1v) is 10.9. The number of nitrogens with zero attached hydrogens (tertiary/aromatic N) is 2. The highest BCUT2D eigenvalue weighted by Crippen LogP contribution is 2.24. The number of aryl methyl sites for hydroxylation is 1. The molecule has 1 aromatic carbocycles. The largest absolute Gasteiger partial charge is 0.354 e. The molecule has 6 nitrogen and oxygen atoms in total. The zero-order valence-corrected chi connectivity index (χ0v) is 17.3. The molecule has 1 saturated heterocycles. The Balaban J connectivity index is 1.76. The maximum atomic E-state index is 12.8. The van der Waals surface area contributed by atoms with Gasteiger partial charge in [-0.2, -0.15) is 0 Å². The minimum absolute atomic E-state index is 0.140. The summed E-state index contributed by atoms with van der Waals surface area (Å²) in [5, 5.41) is 3.39. The van der Waals surface area contributed by atoms with E-state index in [4.69, 9.17) is 0 Å². The summed E-state index contributed by atoms with van der Waals surface area (Å²) < 4.78 is 40.8. The van der Waals surface area contributed by atoms with Crippen LogP contribution in [0.5, 0.6) is 0 Å². The summed E-state index contributed by atoms with van der Waals surface area (Å²) in [4.78, 5) is 6.92. The van der Waals surface area contributed by atoms with E-state index in [2.05, 4.69) is 26.8 Å². The molecular formula is C20H27FN4O2S. The molecule has 1 fully saturated rings. The number of piperazine rings is 1. The first kappa shape index (κ1) is 20.5. The molecule has 1 unspecified atom stereocenters. The van der Waals surface area contributed by atoms with Crippen molar-refractivity contribution >= 4 is 21.5 Å². The smallest absolute Gasteiger partial charge is 0.261 e. The van der Waals surface area contributed by atoms with Gasteiger partial charge in [-0.05, 0) is 43.7 Å². The van der Waals surface area contributed by atoms with E-state index in [0.29, 0.717) is 17.4 Å². The molecule has 1 aliphatic heterocycles. The molecule has 152 valence electrons. The molecule has 0 aliphatic carbocycles. The Hall–Kier alpha value is -2.19. The van der Waals surface area contributed by atoms with Crippen molar-refractivity contribution in [1.82, 2.24) is 10.3 Å². The lowest BCUT2D eigenvalue weighted by atomic mass is 10.0. The molecule has 2 atom stereocenters. The Labute approximate surface area is 166 Å². The maximum Gasteiger partial charge on any atom is 0.261 e. The van der Waals surface area contributed by atoms with Gasteiger partial charge in [-0.3, -0.25) is 9.11 Å². The first-order chi connectivity index (χ1) is 13.3. The van der Waals surface area contributed by atoms with Crippen molar-refractivity contribution in [2.24, 2.45) is 0 Å². The fourth-order valence-corrected chi connectivity index (χ4v) is 4.36. The highest BCUT2D eigenvalue weighted by Gasteiger charge is 2.20. The van der Waals surface area contributed by atoms with Gasteiger partial charge in [0.05, 0.1) is 23.0 Å². The summed E-state index contributed by atoms with van der Waals surface area (Å²) in [7, 11) is -3.74. The van der Waals surface area contributed by atoms with Crippen LogP contribution < -0.4 is 14.9 Å². The van der Waals surface area contributed by atoms with Crippen molar-refractivity contribution in [3.05, 3.63) is 47.7 Å². The molecule has 0 spiro atoms. The minimum atomic E-state index is -3.74. The topological polar surface area (TPSA) is 74.3 Å². The van der Waals surface area contributed by atoms with Crippen LogP contribution in [-0.2, 0) is 10.0 Å². The number of halogens is 1. The summed E-state index contributed by atoms with van der Waals surface area (Å²) in [6.45, 7) is 7.82. The van der Waals surface area contributed by atoms with Crippen molar-refractivity contribution in [2.45, 2.75) is 37.6 Å². The number of anilines is 2. The van der Waals surface area contributed by atoms with Gasteiger partial charge in [-0.15, -0.1) is 0 Å². The van der Waals surface area contributed by atoms with Gasteiger partial charge < -0.3 is 10.2 Å². The van der Waals surface area contributed by atoms with Crippen molar-refractivity contribution in [2.75, 3.05) is 35.9 Å². The molecule has 8 heteroatoms. The van der Waals surface area contributed by atoms with E-state index in [0.717, 1.165) is 31.0 Å². The monoisotopic (exact) mass is 406 g/mol. The van der Waals surface area contributed by atoms with Crippen LogP contribution in [0.1, 0.15) is 31.0 Å². The summed E-state index contributed by atoms with van der Waals surface area (Å²) in [6, 6.07) is 10.3. The lowest BCUT2D eigenvalue weighted by molar-refractivity contribution is 0.447. The standard InChI is InChI=1S/C20H27FN4O2S/c1-14(12-21)17-4-6-18(7-5-17)28(26,27)24-19-8-9-20(23-16(19)3)25-11-10-22-15(2)13-25/h4-9,14-15,22,24H,10-13H2,1-3H3/t14-,15?/m0/s1. The number of alkyl halides is 1. The predicted molar refractivity (Wildman–Crippen MR) is 110 cm³/mol. The number of nitrogens with one attached hydrogen (secondary N) is 2. The molecule has 28 heavy (non-hydrogen) atoms.